The zero-order chi connectivity index (χ0) is 10.3. The van der Waals surface area contributed by atoms with Crippen molar-refractivity contribution in [2.75, 3.05) is 26.2 Å². The molecule has 1 aliphatic heterocycles. The fraction of sp³-hybridized carbons (Fsp3) is 0.538. The quantitative estimate of drug-likeness (QED) is 0.780. The number of rotatable bonds is 4. The van der Waals surface area contributed by atoms with Crippen molar-refractivity contribution in [3.8, 4) is 5.75 Å². The Hall–Kier alpha value is -1.02. The number of para-hydroxylation sites is 1. The summed E-state index contributed by atoms with van der Waals surface area (Å²) in [5.74, 6) is 0.994. The predicted molar refractivity (Wildman–Crippen MR) is 61.4 cm³/mol. The average molecular weight is 206 g/mol. The van der Waals surface area contributed by atoms with Crippen LogP contribution < -0.4 is 9.64 Å². The average Bonchev–Trinajstić information content (AvgIpc) is 2.32. The van der Waals surface area contributed by atoms with Crippen LogP contribution in [0.2, 0.25) is 0 Å². The van der Waals surface area contributed by atoms with Crippen LogP contribution in [0.15, 0.2) is 30.3 Å². The van der Waals surface area contributed by atoms with Crippen LogP contribution in [0.25, 0.3) is 0 Å². The topological polar surface area (TPSA) is 13.7 Å². The van der Waals surface area contributed by atoms with Gasteiger partial charge in [-0.2, -0.15) is 0 Å². The molecule has 0 aliphatic carbocycles. The number of benzene rings is 1. The van der Waals surface area contributed by atoms with Gasteiger partial charge in [-0.3, -0.25) is 0 Å². The van der Waals surface area contributed by atoms with E-state index in [1.807, 2.05) is 30.3 Å². The molecule has 1 fully saturated rings. The SMILES string of the molecule is c1ccc(OCC[NH+]2CCCCC2)cc1. The summed E-state index contributed by atoms with van der Waals surface area (Å²) in [4.78, 5) is 1.71. The van der Waals surface area contributed by atoms with Crippen LogP contribution >= 0.6 is 0 Å². The van der Waals surface area contributed by atoms with Crippen LogP contribution in [0, 0.1) is 0 Å². The van der Waals surface area contributed by atoms with E-state index in [9.17, 15) is 0 Å². The Morgan fingerprint density at radius 2 is 1.73 bits per heavy atom. The van der Waals surface area contributed by atoms with Gasteiger partial charge in [0.25, 0.3) is 0 Å². The van der Waals surface area contributed by atoms with Crippen LogP contribution in [0.1, 0.15) is 19.3 Å². The second kappa shape index (κ2) is 5.76. The summed E-state index contributed by atoms with van der Waals surface area (Å²) >= 11 is 0. The third-order valence-corrected chi connectivity index (χ3v) is 3.03. The number of likely N-dealkylation sites (tertiary alicyclic amines) is 1. The summed E-state index contributed by atoms with van der Waals surface area (Å²) in [5, 5.41) is 0. The van der Waals surface area contributed by atoms with Gasteiger partial charge in [0.1, 0.15) is 18.9 Å². The van der Waals surface area contributed by atoms with Crippen molar-refractivity contribution in [2.24, 2.45) is 0 Å². The first-order valence-corrected chi connectivity index (χ1v) is 5.96. The molecule has 2 heteroatoms. The molecule has 2 rings (SSSR count). The lowest BCUT2D eigenvalue weighted by Gasteiger charge is -2.23. The minimum atomic E-state index is 0.847. The maximum Gasteiger partial charge on any atom is 0.137 e. The highest BCUT2D eigenvalue weighted by Crippen LogP contribution is 2.07. The highest BCUT2D eigenvalue weighted by molar-refractivity contribution is 5.20. The van der Waals surface area contributed by atoms with Gasteiger partial charge in [-0.05, 0) is 31.4 Å². The van der Waals surface area contributed by atoms with Gasteiger partial charge in [-0.15, -0.1) is 0 Å². The van der Waals surface area contributed by atoms with Gasteiger partial charge < -0.3 is 9.64 Å². The molecule has 1 aliphatic rings. The van der Waals surface area contributed by atoms with Crippen LogP contribution in [0.4, 0.5) is 0 Å². The largest absolute Gasteiger partial charge is 0.488 e. The first-order chi connectivity index (χ1) is 7.45. The Balaban J connectivity index is 1.66. The van der Waals surface area contributed by atoms with Gasteiger partial charge in [0, 0.05) is 0 Å². The molecule has 1 heterocycles. The zero-order valence-electron chi connectivity index (χ0n) is 9.24. The molecule has 0 radical (unpaired) electrons. The molecular formula is C13H20NO+. The van der Waals surface area contributed by atoms with E-state index in [-0.39, 0.29) is 0 Å². The normalized spacial score (nSPS) is 17.6. The summed E-state index contributed by atoms with van der Waals surface area (Å²) in [6, 6.07) is 10.1. The van der Waals surface area contributed by atoms with E-state index in [2.05, 4.69) is 0 Å². The molecule has 82 valence electrons. The summed E-state index contributed by atoms with van der Waals surface area (Å²) < 4.78 is 5.69. The monoisotopic (exact) mass is 206 g/mol. The van der Waals surface area contributed by atoms with Crippen LogP contribution in [-0.4, -0.2) is 26.2 Å². The minimum absolute atomic E-state index is 0.847. The van der Waals surface area contributed by atoms with Gasteiger partial charge in [0.05, 0.1) is 13.1 Å². The molecule has 1 aromatic rings. The first-order valence-electron chi connectivity index (χ1n) is 5.96. The third kappa shape index (κ3) is 3.56. The molecule has 0 unspecified atom stereocenters. The summed E-state index contributed by atoms with van der Waals surface area (Å²) in [6.45, 7) is 4.66. The number of piperidine rings is 1. The third-order valence-electron chi connectivity index (χ3n) is 3.03. The molecule has 0 bridgehead atoms. The van der Waals surface area contributed by atoms with E-state index in [4.69, 9.17) is 4.74 Å². The van der Waals surface area contributed by atoms with Gasteiger partial charge in [0.15, 0.2) is 0 Å². The predicted octanol–water partition coefficient (Wildman–Crippen LogP) is 1.13. The fourth-order valence-electron chi connectivity index (χ4n) is 2.13. The van der Waals surface area contributed by atoms with Gasteiger partial charge in [-0.1, -0.05) is 18.2 Å². The lowest BCUT2D eigenvalue weighted by Crippen LogP contribution is -3.13. The van der Waals surface area contributed by atoms with E-state index in [1.54, 1.807) is 4.90 Å². The molecule has 0 atom stereocenters. The van der Waals surface area contributed by atoms with Gasteiger partial charge in [0.2, 0.25) is 0 Å². The molecule has 1 saturated heterocycles. The van der Waals surface area contributed by atoms with Crippen LogP contribution in [-0.2, 0) is 0 Å². The molecule has 1 aromatic carbocycles. The summed E-state index contributed by atoms with van der Waals surface area (Å²) in [7, 11) is 0. The van der Waals surface area contributed by atoms with Crippen molar-refractivity contribution in [3.05, 3.63) is 30.3 Å². The second-order valence-corrected chi connectivity index (χ2v) is 4.22. The van der Waals surface area contributed by atoms with Crippen molar-refractivity contribution in [3.63, 3.8) is 0 Å². The van der Waals surface area contributed by atoms with E-state index in [0.717, 1.165) is 18.9 Å². The Morgan fingerprint density at radius 3 is 2.47 bits per heavy atom. The first kappa shape index (κ1) is 10.5. The van der Waals surface area contributed by atoms with Crippen molar-refractivity contribution in [2.45, 2.75) is 19.3 Å². The number of hydrogen-bond acceptors (Lipinski definition) is 1. The van der Waals surface area contributed by atoms with Gasteiger partial charge >= 0.3 is 0 Å². The molecule has 1 N–H and O–H groups in total. The second-order valence-electron chi connectivity index (χ2n) is 4.22. The Bertz CT molecular complexity index is 267. The lowest BCUT2D eigenvalue weighted by atomic mass is 10.1. The van der Waals surface area contributed by atoms with E-state index in [0.29, 0.717) is 0 Å². The molecule has 15 heavy (non-hydrogen) atoms. The fourth-order valence-corrected chi connectivity index (χ4v) is 2.13. The Labute approximate surface area is 91.9 Å². The van der Waals surface area contributed by atoms with Gasteiger partial charge in [-0.25, -0.2) is 0 Å². The summed E-state index contributed by atoms with van der Waals surface area (Å²) in [6.07, 6.45) is 4.20. The highest BCUT2D eigenvalue weighted by atomic mass is 16.5. The molecule has 2 nitrogen and oxygen atoms in total. The smallest absolute Gasteiger partial charge is 0.137 e. The maximum atomic E-state index is 5.69. The summed E-state index contributed by atoms with van der Waals surface area (Å²) in [5.41, 5.74) is 0. The Kier molecular flexibility index (Phi) is 4.03. The van der Waals surface area contributed by atoms with Crippen molar-refractivity contribution < 1.29 is 9.64 Å². The zero-order valence-corrected chi connectivity index (χ0v) is 9.24. The van der Waals surface area contributed by atoms with Crippen LogP contribution in [0.5, 0.6) is 5.75 Å². The number of hydrogen-bond donors (Lipinski definition) is 1. The molecular weight excluding hydrogens is 186 g/mol. The van der Waals surface area contributed by atoms with E-state index < -0.39 is 0 Å². The maximum absolute atomic E-state index is 5.69. The van der Waals surface area contributed by atoms with Crippen LogP contribution in [0.3, 0.4) is 0 Å². The highest BCUT2D eigenvalue weighted by Gasteiger charge is 2.12. The van der Waals surface area contributed by atoms with Crippen molar-refractivity contribution in [1.29, 1.82) is 0 Å². The molecule has 0 spiro atoms. The minimum Gasteiger partial charge on any atom is -0.488 e. The van der Waals surface area contributed by atoms with E-state index in [1.165, 1.54) is 32.4 Å². The Morgan fingerprint density at radius 1 is 1.00 bits per heavy atom. The van der Waals surface area contributed by atoms with E-state index >= 15 is 0 Å². The number of quaternary nitrogens is 1. The molecule has 0 amide bonds. The lowest BCUT2D eigenvalue weighted by molar-refractivity contribution is -0.904. The number of ether oxygens (including phenoxy) is 1. The number of nitrogens with one attached hydrogen (secondary N) is 1. The molecule has 0 aromatic heterocycles. The standard InChI is InChI=1S/C13H19NO/c1-3-7-13(8-4-1)15-12-11-14-9-5-2-6-10-14/h1,3-4,7-8H,2,5-6,9-12H2/p+1. The molecule has 0 saturated carbocycles. The van der Waals surface area contributed by atoms with Crippen molar-refractivity contribution >= 4 is 0 Å². The van der Waals surface area contributed by atoms with Crippen molar-refractivity contribution in [1.82, 2.24) is 0 Å².